The molecule has 4 nitrogen and oxygen atoms in total. The van der Waals surface area contributed by atoms with E-state index in [9.17, 15) is 8.42 Å². The molecule has 21 heavy (non-hydrogen) atoms. The van der Waals surface area contributed by atoms with Crippen LogP contribution >= 0.6 is 11.6 Å². The lowest BCUT2D eigenvalue weighted by atomic mass is 10.1. The van der Waals surface area contributed by atoms with Crippen LogP contribution in [0.5, 0.6) is 0 Å². The first kappa shape index (κ1) is 13.5. The first-order chi connectivity index (χ1) is 10.1. The topological polar surface area (TPSA) is 49.4 Å². The summed E-state index contributed by atoms with van der Waals surface area (Å²) in [5, 5.41) is 5.69. The van der Waals surface area contributed by atoms with Crippen molar-refractivity contribution in [1.82, 2.24) is 9.62 Å². The monoisotopic (exact) mass is 322 g/mol. The van der Waals surface area contributed by atoms with Crippen molar-refractivity contribution in [3.05, 3.63) is 41.4 Å². The average Bonchev–Trinajstić information content (AvgIpc) is 3.10. The van der Waals surface area contributed by atoms with Gasteiger partial charge in [0.1, 0.15) is 0 Å². The molecule has 0 spiro atoms. The van der Waals surface area contributed by atoms with Gasteiger partial charge in [0, 0.05) is 35.6 Å². The summed E-state index contributed by atoms with van der Waals surface area (Å²) < 4.78 is 27.3. The van der Waals surface area contributed by atoms with Crippen LogP contribution in [0.25, 0.3) is 10.8 Å². The Bertz CT molecular complexity index is 822. The van der Waals surface area contributed by atoms with Crippen molar-refractivity contribution in [3.8, 4) is 0 Å². The van der Waals surface area contributed by atoms with E-state index in [2.05, 4.69) is 5.32 Å². The Balaban J connectivity index is 1.79. The number of nitrogens with zero attached hydrogens (tertiary/aromatic N) is 1. The lowest BCUT2D eigenvalue weighted by Crippen LogP contribution is -2.46. The molecule has 2 aromatic rings. The van der Waals surface area contributed by atoms with E-state index in [1.807, 2.05) is 18.2 Å². The maximum Gasteiger partial charge on any atom is 0.243 e. The molecule has 6 heteroatoms. The third-order valence-corrected chi connectivity index (χ3v) is 6.66. The molecular weight excluding hydrogens is 308 g/mol. The van der Waals surface area contributed by atoms with Gasteiger partial charge >= 0.3 is 0 Å². The van der Waals surface area contributed by atoms with E-state index >= 15 is 0 Å². The number of nitrogens with one attached hydrogen (secondary N) is 1. The Morgan fingerprint density at radius 2 is 2.10 bits per heavy atom. The molecule has 2 saturated heterocycles. The first-order valence-corrected chi connectivity index (χ1v) is 8.81. The molecule has 0 radical (unpaired) electrons. The Kier molecular flexibility index (Phi) is 3.01. The molecule has 110 valence electrons. The second kappa shape index (κ2) is 4.68. The van der Waals surface area contributed by atoms with Crippen molar-refractivity contribution in [2.45, 2.75) is 23.4 Å². The van der Waals surface area contributed by atoms with Crippen LogP contribution in [0.1, 0.15) is 6.42 Å². The molecule has 4 rings (SSSR count). The molecule has 2 aliphatic heterocycles. The van der Waals surface area contributed by atoms with Gasteiger partial charge in [-0.2, -0.15) is 4.31 Å². The second-order valence-corrected chi connectivity index (χ2v) is 7.99. The number of hydrogen-bond donors (Lipinski definition) is 1. The van der Waals surface area contributed by atoms with Gasteiger partial charge in [-0.15, -0.1) is 0 Å². The van der Waals surface area contributed by atoms with Crippen molar-refractivity contribution >= 4 is 32.4 Å². The first-order valence-electron chi connectivity index (χ1n) is 6.99. The Labute approximate surface area is 128 Å². The van der Waals surface area contributed by atoms with E-state index < -0.39 is 10.0 Å². The third-order valence-electron chi connectivity index (χ3n) is 4.41. The van der Waals surface area contributed by atoms with Gasteiger partial charge in [0.2, 0.25) is 10.0 Å². The quantitative estimate of drug-likeness (QED) is 0.922. The van der Waals surface area contributed by atoms with Gasteiger partial charge in [0.25, 0.3) is 0 Å². The number of sulfonamides is 1. The smallest absolute Gasteiger partial charge is 0.243 e. The van der Waals surface area contributed by atoms with Crippen molar-refractivity contribution in [1.29, 1.82) is 0 Å². The van der Waals surface area contributed by atoms with E-state index in [0.29, 0.717) is 22.5 Å². The molecular formula is C15H15ClN2O2S. The summed E-state index contributed by atoms with van der Waals surface area (Å²) >= 11 is 6.13. The highest BCUT2D eigenvalue weighted by Crippen LogP contribution is 2.32. The second-order valence-electron chi connectivity index (χ2n) is 5.69. The summed E-state index contributed by atoms with van der Waals surface area (Å²) in [5.41, 5.74) is 0. The van der Waals surface area contributed by atoms with Gasteiger partial charge in [0.05, 0.1) is 4.90 Å². The Hall–Kier alpha value is -1.14. The van der Waals surface area contributed by atoms with Crippen LogP contribution in [0.3, 0.4) is 0 Å². The van der Waals surface area contributed by atoms with Crippen LogP contribution in [0.2, 0.25) is 5.02 Å². The highest BCUT2D eigenvalue weighted by atomic mass is 35.5. The van der Waals surface area contributed by atoms with Gasteiger partial charge in [-0.25, -0.2) is 8.42 Å². The molecule has 2 aliphatic rings. The molecule has 0 aliphatic carbocycles. The minimum absolute atomic E-state index is 0.0926. The normalized spacial score (nSPS) is 25.8. The van der Waals surface area contributed by atoms with Gasteiger partial charge in [-0.1, -0.05) is 29.8 Å². The maximum absolute atomic E-state index is 12.8. The fraction of sp³-hybridized carbons (Fsp3) is 0.333. The average molecular weight is 323 g/mol. The minimum atomic E-state index is -3.42. The molecule has 1 N–H and O–H groups in total. The van der Waals surface area contributed by atoms with Crippen LogP contribution < -0.4 is 5.32 Å². The summed E-state index contributed by atoms with van der Waals surface area (Å²) in [6.07, 6.45) is 0.915. The SMILES string of the molecule is O=S(=O)(c1ccc2c(Cl)cccc2c1)N1CC2CC1CN2. The molecule has 0 saturated carbocycles. The van der Waals surface area contributed by atoms with Crippen molar-refractivity contribution in [2.24, 2.45) is 0 Å². The Morgan fingerprint density at radius 3 is 2.81 bits per heavy atom. The van der Waals surface area contributed by atoms with Gasteiger partial charge in [0.15, 0.2) is 0 Å². The summed E-state index contributed by atoms with van der Waals surface area (Å²) in [4.78, 5) is 0.352. The largest absolute Gasteiger partial charge is 0.311 e. The zero-order chi connectivity index (χ0) is 14.6. The summed E-state index contributed by atoms with van der Waals surface area (Å²) in [6, 6.07) is 11.1. The van der Waals surface area contributed by atoms with Crippen LogP contribution in [0.15, 0.2) is 41.3 Å². The molecule has 2 atom stereocenters. The van der Waals surface area contributed by atoms with E-state index in [1.54, 1.807) is 22.5 Å². The van der Waals surface area contributed by atoms with Gasteiger partial charge < -0.3 is 5.32 Å². The van der Waals surface area contributed by atoms with Crippen molar-refractivity contribution in [2.75, 3.05) is 13.1 Å². The minimum Gasteiger partial charge on any atom is -0.311 e. The van der Waals surface area contributed by atoms with Crippen molar-refractivity contribution < 1.29 is 8.42 Å². The fourth-order valence-corrected chi connectivity index (χ4v) is 5.30. The molecule has 2 bridgehead atoms. The zero-order valence-electron chi connectivity index (χ0n) is 11.3. The van der Waals surface area contributed by atoms with E-state index in [4.69, 9.17) is 11.6 Å². The van der Waals surface area contributed by atoms with Crippen LogP contribution in [-0.4, -0.2) is 37.9 Å². The van der Waals surface area contributed by atoms with E-state index in [-0.39, 0.29) is 6.04 Å². The fourth-order valence-electron chi connectivity index (χ4n) is 3.34. The molecule has 2 unspecified atom stereocenters. The Morgan fingerprint density at radius 1 is 1.24 bits per heavy atom. The summed E-state index contributed by atoms with van der Waals surface area (Å²) in [6.45, 7) is 1.32. The number of benzene rings is 2. The van der Waals surface area contributed by atoms with Crippen molar-refractivity contribution in [3.63, 3.8) is 0 Å². The molecule has 2 heterocycles. The molecule has 0 amide bonds. The number of hydrogen-bond acceptors (Lipinski definition) is 3. The maximum atomic E-state index is 12.8. The van der Waals surface area contributed by atoms with Crippen LogP contribution in [-0.2, 0) is 10.0 Å². The summed E-state index contributed by atoms with van der Waals surface area (Å²) in [7, 11) is -3.42. The van der Waals surface area contributed by atoms with E-state index in [0.717, 1.165) is 23.7 Å². The third kappa shape index (κ3) is 2.07. The van der Waals surface area contributed by atoms with Crippen LogP contribution in [0.4, 0.5) is 0 Å². The number of rotatable bonds is 2. The highest BCUT2D eigenvalue weighted by molar-refractivity contribution is 7.89. The van der Waals surface area contributed by atoms with E-state index in [1.165, 1.54) is 0 Å². The predicted octanol–water partition coefficient (Wildman–Crippen LogP) is 2.23. The number of halogens is 1. The molecule has 0 aromatic heterocycles. The van der Waals surface area contributed by atoms with Crippen LogP contribution in [0, 0.1) is 0 Å². The number of fused-ring (bicyclic) bond motifs is 3. The standard InChI is InChI=1S/C15H15ClN2O2S/c16-15-3-1-2-10-6-13(4-5-14(10)15)21(19,20)18-9-11-7-12(18)8-17-11/h1-6,11-12,17H,7-9H2. The summed E-state index contributed by atoms with van der Waals surface area (Å²) in [5.74, 6) is 0. The zero-order valence-corrected chi connectivity index (χ0v) is 12.9. The lowest BCUT2D eigenvalue weighted by molar-refractivity contribution is 0.349. The lowest BCUT2D eigenvalue weighted by Gasteiger charge is -2.26. The van der Waals surface area contributed by atoms with Gasteiger partial charge in [-0.05, 0) is 30.0 Å². The predicted molar refractivity (Wildman–Crippen MR) is 83.0 cm³/mol. The molecule has 2 fully saturated rings. The van der Waals surface area contributed by atoms with Gasteiger partial charge in [-0.3, -0.25) is 0 Å². The molecule has 2 aromatic carbocycles. The number of piperazine rings is 1. The highest BCUT2D eigenvalue weighted by Gasteiger charge is 2.44.